The van der Waals surface area contributed by atoms with Gasteiger partial charge in [-0.05, 0) is 92.3 Å². The van der Waals surface area contributed by atoms with Crippen LogP contribution in [0.3, 0.4) is 0 Å². The van der Waals surface area contributed by atoms with Crippen molar-refractivity contribution in [1.82, 2.24) is 45.1 Å². The lowest BCUT2D eigenvalue weighted by molar-refractivity contribution is 1.08. The van der Waals surface area contributed by atoms with E-state index in [4.69, 9.17) is 0 Å². The van der Waals surface area contributed by atoms with E-state index in [2.05, 4.69) is 257 Å². The van der Waals surface area contributed by atoms with Crippen molar-refractivity contribution >= 4 is 163 Å². The van der Waals surface area contributed by atoms with Gasteiger partial charge < -0.3 is 0 Å². The fraction of sp³-hybridized carbons (Fsp3) is 0.233. The van der Waals surface area contributed by atoms with Gasteiger partial charge >= 0.3 is 0 Å². The molecule has 0 atom stereocenters. The van der Waals surface area contributed by atoms with Crippen LogP contribution in [0, 0.1) is 0 Å². The van der Waals surface area contributed by atoms with E-state index in [-0.39, 0.29) is 0 Å². The first-order chi connectivity index (χ1) is 68.6. The molecule has 9 heteroatoms. The lowest BCUT2D eigenvalue weighted by Crippen LogP contribution is -1.80. The summed E-state index contributed by atoms with van der Waals surface area (Å²) in [5.74, 6) is 0. The van der Waals surface area contributed by atoms with E-state index in [1.165, 1.54) is 113 Å². The molecule has 0 aliphatic rings. The van der Waals surface area contributed by atoms with E-state index < -0.39 is 0 Å². The molecular formula is C129H159N9. The fourth-order valence-corrected chi connectivity index (χ4v) is 13.6. The highest BCUT2D eigenvalue weighted by Gasteiger charge is 2.06. The van der Waals surface area contributed by atoms with Crippen molar-refractivity contribution in [3.63, 3.8) is 0 Å². The van der Waals surface area contributed by atoms with Gasteiger partial charge in [-0.2, -0.15) is 10.2 Å². The third-order valence-electron chi connectivity index (χ3n) is 18.9. The molecule has 0 spiro atoms. The predicted molar refractivity (Wildman–Crippen MR) is 625 cm³/mol. The van der Waals surface area contributed by atoms with Crippen molar-refractivity contribution in [2.24, 2.45) is 0 Å². The first-order valence-electron chi connectivity index (χ1n) is 50.9. The minimum atomic E-state index is 0.949. The summed E-state index contributed by atoms with van der Waals surface area (Å²) in [4.78, 5) is 30.9. The Balaban J connectivity index is 0.000000759. The van der Waals surface area contributed by atoms with Crippen molar-refractivity contribution in [3.05, 3.63) is 420 Å². The highest BCUT2D eigenvalue weighted by atomic mass is 15.1. The van der Waals surface area contributed by atoms with Crippen LogP contribution in [0.5, 0.6) is 0 Å². The molecule has 0 aliphatic heterocycles. The van der Waals surface area contributed by atoms with E-state index in [1.54, 1.807) is 6.20 Å². The Morgan fingerprint density at radius 1 is 0.109 bits per heavy atom. The number of aromatic nitrogens is 9. The minimum absolute atomic E-state index is 0.949. The molecule has 23 rings (SSSR count). The zero-order valence-corrected chi connectivity index (χ0v) is 88.9. The average Bonchev–Trinajstić information content (AvgIpc) is 0.826. The Kier molecular flexibility index (Phi) is 67.3. The molecule has 8 heterocycles. The van der Waals surface area contributed by atoms with Gasteiger partial charge in [-0.15, -0.1) is 0 Å². The number of benzene rings is 15. The van der Waals surface area contributed by atoms with Crippen LogP contribution >= 0.6 is 0 Å². The van der Waals surface area contributed by atoms with E-state index in [0.29, 0.717) is 0 Å². The van der Waals surface area contributed by atoms with Crippen molar-refractivity contribution in [1.29, 1.82) is 0 Å². The SMILES string of the molecule is CC.CC.CC.CC.CC.CC.CC.CC.CC.CC.CC.CC.CC.CC.CC.c1ccc2c(c1)cnc1ccccc12.c1ccc2c(c1)cnc1ccccc12.c1ccc2c(c1)cnc1ccccc12.c1ccc2c(c1)cnc1ccccc12.c1ccc2c(c1)cnc1ccccc12.c1ccc2c(c1)cnc1ccccc12.c1ccc2c(c1)cnc1ccccc12.c1ccc2nnccc2c1. The van der Waals surface area contributed by atoms with Gasteiger partial charge in [0.25, 0.3) is 0 Å². The zero-order valence-electron chi connectivity index (χ0n) is 88.9. The molecule has 9 nitrogen and oxygen atoms in total. The largest absolute Gasteiger partial charge is 0.256 e. The molecule has 0 N–H and O–H groups in total. The zero-order chi connectivity index (χ0) is 102. The van der Waals surface area contributed by atoms with Crippen LogP contribution in [0.15, 0.2) is 420 Å². The van der Waals surface area contributed by atoms with Crippen LogP contribution in [0.1, 0.15) is 208 Å². The fourth-order valence-electron chi connectivity index (χ4n) is 13.6. The Labute approximate surface area is 829 Å². The number of pyridine rings is 7. The quantitative estimate of drug-likeness (QED) is 0.137. The van der Waals surface area contributed by atoms with Crippen LogP contribution < -0.4 is 0 Å². The van der Waals surface area contributed by atoms with Gasteiger partial charge in [-0.3, -0.25) is 34.9 Å². The van der Waals surface area contributed by atoms with E-state index in [9.17, 15) is 0 Å². The number of hydrogen-bond acceptors (Lipinski definition) is 9. The summed E-state index contributed by atoms with van der Waals surface area (Å²) in [5, 5.41) is 34.8. The molecule has 0 saturated carbocycles. The molecule has 0 amide bonds. The number of para-hydroxylation sites is 7. The molecule has 720 valence electrons. The van der Waals surface area contributed by atoms with Gasteiger partial charge in [0, 0.05) is 124 Å². The summed E-state index contributed by atoms with van der Waals surface area (Å²) in [6.07, 6.45) is 15.2. The Morgan fingerprint density at radius 3 is 0.370 bits per heavy atom. The summed E-state index contributed by atoms with van der Waals surface area (Å²) in [6, 6.07) is 126. The van der Waals surface area contributed by atoms with E-state index >= 15 is 0 Å². The molecule has 0 bridgehead atoms. The molecule has 138 heavy (non-hydrogen) atoms. The molecule has 0 fully saturated rings. The van der Waals surface area contributed by atoms with Crippen molar-refractivity contribution in [2.75, 3.05) is 0 Å². The van der Waals surface area contributed by atoms with Gasteiger partial charge in [0.2, 0.25) is 0 Å². The highest BCUT2D eigenvalue weighted by Crippen LogP contribution is 2.30. The maximum Gasteiger partial charge on any atom is 0.0929 e. The van der Waals surface area contributed by atoms with Crippen LogP contribution in [0.4, 0.5) is 0 Å². The molecule has 0 radical (unpaired) electrons. The van der Waals surface area contributed by atoms with Gasteiger partial charge in [0.15, 0.2) is 0 Å². The summed E-state index contributed by atoms with van der Waals surface area (Å²) in [6.45, 7) is 60.0. The Morgan fingerprint density at radius 2 is 0.225 bits per heavy atom. The second-order valence-corrected chi connectivity index (χ2v) is 25.6. The number of nitrogens with zero attached hydrogens (tertiary/aromatic N) is 9. The van der Waals surface area contributed by atoms with Crippen LogP contribution in [0.25, 0.3) is 163 Å². The van der Waals surface area contributed by atoms with Crippen LogP contribution in [0.2, 0.25) is 0 Å². The second-order valence-electron chi connectivity index (χ2n) is 25.6. The molecule has 0 unspecified atom stereocenters. The van der Waals surface area contributed by atoms with E-state index in [1.807, 2.05) is 409 Å². The molecule has 15 aromatic carbocycles. The maximum absolute atomic E-state index is 4.41. The van der Waals surface area contributed by atoms with Crippen molar-refractivity contribution in [2.45, 2.75) is 208 Å². The number of fused-ring (bicyclic) bond motifs is 22. The number of hydrogen-bond donors (Lipinski definition) is 0. The van der Waals surface area contributed by atoms with Crippen molar-refractivity contribution < 1.29 is 0 Å². The lowest BCUT2D eigenvalue weighted by atomic mass is 10.1. The third-order valence-corrected chi connectivity index (χ3v) is 18.9. The first kappa shape index (κ1) is 121. The topological polar surface area (TPSA) is 116 Å². The molecule has 0 saturated heterocycles. The Bertz CT molecular complexity index is 5540. The summed E-state index contributed by atoms with van der Waals surface area (Å²) >= 11 is 0. The van der Waals surface area contributed by atoms with E-state index in [0.717, 1.165) is 49.5 Å². The van der Waals surface area contributed by atoms with Crippen LogP contribution in [-0.2, 0) is 0 Å². The summed E-state index contributed by atoms with van der Waals surface area (Å²) < 4.78 is 0. The monoisotopic (exact) mass is 1830 g/mol. The summed E-state index contributed by atoms with van der Waals surface area (Å²) in [7, 11) is 0. The Hall–Kier alpha value is -14.7. The molecule has 0 aliphatic carbocycles. The van der Waals surface area contributed by atoms with Gasteiger partial charge in [-0.25, -0.2) is 0 Å². The minimum Gasteiger partial charge on any atom is -0.256 e. The summed E-state index contributed by atoms with van der Waals surface area (Å²) in [5.41, 5.74) is 8.38. The maximum atomic E-state index is 4.41. The highest BCUT2D eigenvalue weighted by molar-refractivity contribution is 6.10. The standard InChI is InChI=1S/7C13H9N.C8H6N2.15C2H6/c7*1-2-6-11-10(5-1)9-14-13-8-4-3-7-12(11)13;1-2-4-8-7(3-1)5-6-9-10-8;15*1-2/h7*1-9H;1-6H;15*1-2H3. The smallest absolute Gasteiger partial charge is 0.0929 e. The molecular weight excluding hydrogens is 1680 g/mol. The lowest BCUT2D eigenvalue weighted by Gasteiger charge is -2.01. The normalized spacial score (nSPS) is 9.09. The molecule has 23 aromatic rings. The predicted octanol–water partition coefficient (Wildman–Crippen LogP) is 40.7. The average molecular weight is 1840 g/mol. The van der Waals surface area contributed by atoms with Gasteiger partial charge in [0.05, 0.1) is 50.3 Å². The van der Waals surface area contributed by atoms with Crippen molar-refractivity contribution in [3.8, 4) is 0 Å². The van der Waals surface area contributed by atoms with Crippen LogP contribution in [-0.4, -0.2) is 45.1 Å². The van der Waals surface area contributed by atoms with Gasteiger partial charge in [-0.1, -0.05) is 523 Å². The molecule has 8 aromatic heterocycles. The number of rotatable bonds is 0. The first-order valence-corrected chi connectivity index (χ1v) is 50.9. The third kappa shape index (κ3) is 36.2. The van der Waals surface area contributed by atoms with Gasteiger partial charge in [0.1, 0.15) is 0 Å². The second kappa shape index (κ2) is 76.6.